The molecule has 6 fully saturated rings. The zero-order valence-electron chi connectivity index (χ0n) is 83.1. The summed E-state index contributed by atoms with van der Waals surface area (Å²) in [6, 6.07) is -2.33. The third kappa shape index (κ3) is 30.0. The molecule has 4 saturated heterocycles. The van der Waals surface area contributed by atoms with Crippen LogP contribution in [0.25, 0.3) is 0 Å². The molecule has 31 nitrogen and oxygen atoms in total. The van der Waals surface area contributed by atoms with Gasteiger partial charge in [0.25, 0.3) is 23.4 Å². The number of fused-ring (bicyclic) bond motifs is 6. The van der Waals surface area contributed by atoms with Gasteiger partial charge in [0.15, 0.2) is 11.6 Å². The fraction of sp³-hybridized carbons (Fsp3) is 0.738. The Labute approximate surface area is 793 Å². The summed E-state index contributed by atoms with van der Waals surface area (Å²) < 4.78 is 60.9. The van der Waals surface area contributed by atoms with Gasteiger partial charge in [-0.15, -0.1) is 5.10 Å². The number of Topliss-reactive ketones (excluding diaryl/α,β-unsaturated/α-hetero) is 6. The first kappa shape index (κ1) is 112. The molecule has 1 aromatic heterocycles. The summed E-state index contributed by atoms with van der Waals surface area (Å²) in [5, 5.41) is 69.0. The minimum absolute atomic E-state index is 0.0170. The van der Waals surface area contributed by atoms with Crippen molar-refractivity contribution in [3.05, 3.63) is 102 Å². The number of aliphatic hydroxyl groups excluding tert-OH is 3. The Morgan fingerprint density at radius 2 is 0.873 bits per heavy atom. The number of rotatable bonds is 13. The average Bonchev–Trinajstić information content (AvgIpc) is 0.814. The van der Waals surface area contributed by atoms with Crippen molar-refractivity contribution in [1.29, 1.82) is 0 Å². The number of carbonyl (C=O) groups is 10. The summed E-state index contributed by atoms with van der Waals surface area (Å²) in [5.74, 6) is -15.9. The number of amides is 2. The fourth-order valence-electron chi connectivity index (χ4n) is 20.9. The molecule has 0 unspecified atom stereocenters. The fourth-order valence-corrected chi connectivity index (χ4v) is 20.9. The van der Waals surface area contributed by atoms with Crippen LogP contribution in [0.1, 0.15) is 257 Å². The number of hydrogen-bond donors (Lipinski definition) is 5. The number of cyclic esters (lactones) is 2. The van der Waals surface area contributed by atoms with Gasteiger partial charge in [0.2, 0.25) is 11.6 Å². The van der Waals surface area contributed by atoms with E-state index in [9.17, 15) is 73.5 Å². The van der Waals surface area contributed by atoms with Crippen LogP contribution in [-0.2, 0) is 95.3 Å². The highest BCUT2D eigenvalue weighted by Gasteiger charge is 2.56. The molecule has 1 aromatic rings. The van der Waals surface area contributed by atoms with E-state index in [1.807, 2.05) is 116 Å². The third-order valence-corrected chi connectivity index (χ3v) is 29.7. The molecule has 4 bridgehead atoms. The molecule has 8 aliphatic rings. The molecule has 30 atom stereocenters. The summed E-state index contributed by atoms with van der Waals surface area (Å²) in [4.78, 5) is 144. The van der Waals surface area contributed by atoms with Crippen molar-refractivity contribution in [2.45, 2.75) is 360 Å². The quantitative estimate of drug-likeness (QED) is 0.0695. The smallest absolute Gasteiger partial charge is 0.329 e. The van der Waals surface area contributed by atoms with E-state index in [1.54, 1.807) is 93.1 Å². The van der Waals surface area contributed by atoms with Gasteiger partial charge in [0.05, 0.1) is 48.8 Å². The molecule has 5 N–H and O–H groups in total. The Morgan fingerprint density at radius 1 is 0.463 bits per heavy atom. The SMILES string of the molecule is CO[C@H]1C[C@@H]2CC[C@@H](C)[C@@](O)(O2)C(=O)C(=O)N2CCCC[C@H]2C(=O)O[C@H]([C@H](C)C[C@@H]2CC[C@@H](O)[C@H](OC)C2)CC(=O)[C@H](C)/C=C(\C)[C@@H](O)[C@@H](OC)C(=O)[C@H](C)C[C@H](C)\C=C/C=C/C=C/1C.CO[C@H]1C[C@@H]2CC[C@@H](C)[C@@](O)(O2)C(=O)C(=O)N2CCCC[C@H]2C(=O)O[C@H]([C@H](C)C[C@@H]2CC[C@H](n3cnnn3)[C@H](OC)C2)CC(=O)[C@H](C)/C=C(\C)[C@@H](O)[C@@H](OC)C(=O)[C@H](C)C[C@H](C)\C=C/C=C/C=C/1C. The minimum Gasteiger partial charge on any atom is -0.460 e. The van der Waals surface area contributed by atoms with E-state index in [1.165, 1.54) is 24.0 Å². The number of piperidine rings is 2. The van der Waals surface area contributed by atoms with Crippen LogP contribution in [0.5, 0.6) is 0 Å². The molecule has 0 aromatic carbocycles. The molecule has 31 heteroatoms. The highest BCUT2D eigenvalue weighted by Crippen LogP contribution is 2.43. The van der Waals surface area contributed by atoms with Crippen LogP contribution in [0.15, 0.2) is 102 Å². The number of ether oxygens (including phenoxy) is 10. The Hall–Kier alpha value is -7.63. The number of nitrogens with zero attached hydrogens (tertiary/aromatic N) is 6. The van der Waals surface area contributed by atoms with Crippen LogP contribution in [0.2, 0.25) is 0 Å². The Kier molecular flexibility index (Phi) is 44.1. The summed E-state index contributed by atoms with van der Waals surface area (Å²) in [5.41, 5.74) is 2.54. The Morgan fingerprint density at radius 3 is 1.26 bits per heavy atom. The molecular weight excluding hydrogens is 1720 g/mol. The largest absolute Gasteiger partial charge is 0.460 e. The van der Waals surface area contributed by atoms with Crippen molar-refractivity contribution < 1.29 is 121 Å². The minimum atomic E-state index is -2.43. The molecule has 0 spiro atoms. The van der Waals surface area contributed by atoms with Crippen LogP contribution in [-0.4, -0.2) is 273 Å². The number of aromatic nitrogens is 4. The maximum absolute atomic E-state index is 14.5. The lowest BCUT2D eigenvalue weighted by Crippen LogP contribution is -2.61. The Bertz CT molecular complexity index is 4310. The van der Waals surface area contributed by atoms with Gasteiger partial charge in [0.1, 0.15) is 66.6 Å². The first-order valence-corrected chi connectivity index (χ1v) is 49.0. The number of esters is 2. The molecule has 134 heavy (non-hydrogen) atoms. The number of ketones is 6. The van der Waals surface area contributed by atoms with E-state index < -0.39 is 162 Å². The molecular formula is C103H158N6O25. The van der Waals surface area contributed by atoms with Crippen LogP contribution in [0.4, 0.5) is 0 Å². The number of tetrazole rings is 1. The first-order chi connectivity index (χ1) is 63.6. The highest BCUT2D eigenvalue weighted by molar-refractivity contribution is 6.39. The zero-order chi connectivity index (χ0) is 98.8. The van der Waals surface area contributed by atoms with Crippen LogP contribution in [0, 0.1) is 71.0 Å². The van der Waals surface area contributed by atoms with Gasteiger partial charge in [-0.25, -0.2) is 14.3 Å². The van der Waals surface area contributed by atoms with Crippen molar-refractivity contribution in [2.24, 2.45) is 71.0 Å². The van der Waals surface area contributed by atoms with Crippen molar-refractivity contribution in [1.82, 2.24) is 30.0 Å². The lowest BCUT2D eigenvalue weighted by atomic mass is 9.77. The van der Waals surface area contributed by atoms with E-state index in [0.29, 0.717) is 120 Å². The van der Waals surface area contributed by atoms with E-state index in [0.717, 1.165) is 30.4 Å². The van der Waals surface area contributed by atoms with Crippen LogP contribution >= 0.6 is 0 Å². The maximum Gasteiger partial charge on any atom is 0.329 e. The number of aliphatic hydroxyl groups is 5. The van der Waals surface area contributed by atoms with E-state index in [2.05, 4.69) is 15.5 Å². The number of hydrogen-bond acceptors (Lipinski definition) is 28. The van der Waals surface area contributed by atoms with Crippen LogP contribution < -0.4 is 0 Å². The lowest BCUT2D eigenvalue weighted by molar-refractivity contribution is -0.265. The number of carbonyl (C=O) groups excluding carboxylic acids is 10. The summed E-state index contributed by atoms with van der Waals surface area (Å²) >= 11 is 0. The normalized spacial score (nSPS) is 39.6. The van der Waals surface area contributed by atoms with Crippen LogP contribution in [0.3, 0.4) is 0 Å². The predicted molar refractivity (Wildman–Crippen MR) is 501 cm³/mol. The van der Waals surface area contributed by atoms with Gasteiger partial charge < -0.3 is 82.7 Å². The van der Waals surface area contributed by atoms with E-state index in [-0.39, 0.29) is 116 Å². The summed E-state index contributed by atoms with van der Waals surface area (Å²) in [6.45, 7) is 25.5. The van der Waals surface area contributed by atoms with Gasteiger partial charge in [-0.05, 0) is 224 Å². The van der Waals surface area contributed by atoms with Gasteiger partial charge in [-0.2, -0.15) is 0 Å². The number of methoxy groups -OCH3 is 6. The van der Waals surface area contributed by atoms with Crippen molar-refractivity contribution in [3.8, 4) is 0 Å². The second kappa shape index (κ2) is 53.0. The second-order valence-corrected chi connectivity index (χ2v) is 40.0. The Balaban J connectivity index is 0.000000330. The molecule has 750 valence electrons. The van der Waals surface area contributed by atoms with Crippen molar-refractivity contribution in [3.63, 3.8) is 0 Å². The summed E-state index contributed by atoms with van der Waals surface area (Å²) in [7, 11) is 9.14. The molecule has 7 heterocycles. The molecule has 9 rings (SSSR count). The highest BCUT2D eigenvalue weighted by atomic mass is 16.6. The molecule has 2 aliphatic carbocycles. The molecule has 2 saturated carbocycles. The number of allylic oxidation sites excluding steroid dienone is 12. The zero-order valence-corrected chi connectivity index (χ0v) is 83.1. The van der Waals surface area contributed by atoms with Gasteiger partial charge in [-0.1, -0.05) is 142 Å². The van der Waals surface area contributed by atoms with Crippen molar-refractivity contribution in [2.75, 3.05) is 55.7 Å². The molecule has 2 amide bonds. The monoisotopic (exact) mass is 1880 g/mol. The van der Waals surface area contributed by atoms with E-state index >= 15 is 0 Å². The van der Waals surface area contributed by atoms with Gasteiger partial charge in [-0.3, -0.25) is 38.4 Å². The topological polar surface area (TPSA) is 414 Å². The predicted octanol–water partition coefficient (Wildman–Crippen LogP) is 12.2. The first-order valence-electron chi connectivity index (χ1n) is 49.0. The molecule has 0 radical (unpaired) electrons. The maximum atomic E-state index is 14.5. The summed E-state index contributed by atoms with van der Waals surface area (Å²) in [6.07, 6.45) is 25.1. The average molecular weight is 1880 g/mol. The molecule has 6 aliphatic heterocycles. The van der Waals surface area contributed by atoms with Crippen molar-refractivity contribution >= 4 is 58.5 Å². The second-order valence-electron chi connectivity index (χ2n) is 40.0. The standard InChI is InChI=1S/C52H79N5O12.C51H79NO13/c1-31-16-12-11-13-17-32(2)43(65-8)28-39-21-19-37(7)52(64,69-39)49(61)50(62)56-23-15-14-18-41(56)51(63)68-44(34(4)26-38-20-22-40(45(27-38)66-9)57-30-53-54-55-57)29-42(58)33(3)25-36(6)47(60)48(67-10)46(59)35(5)24-31;1-30-16-12-11-13-17-31(2)42(61-8)28-38-21-19-36(7)51(60,65-38)48(57)49(58)52-23-15-14-18-39(52)50(59)64-43(33(4)26-37-20-22-40(53)44(27-37)62-9)29-41(54)32(3)25-35(6)46(56)47(63-10)45(55)34(5)24-30/h11-13,16-17,25,30-31,33-35,37-41,43-45,47-48,60,64H,14-15,18-24,26-29H2,1-10H3;11-13,16-17,25,30,32-34,36-40,42-44,46-47,53,56,60H,14-15,18-24,26-29H2,1-10H3/b13-11+,16-12-,32-17+,36-25+;13-11+,16-12-,31-17+,35-25+/t31-,33-,34-,35-,37-,38+,39+,40+,41+,43+,44+,45-,47-,48+,52-;30-,32-,33-,34-,36-,37+,38+,39+,40-,42+,43+,44-,46-,47+,51-/m11/s1. The van der Waals surface area contributed by atoms with Gasteiger partial charge >= 0.3 is 11.9 Å². The lowest BCUT2D eigenvalue weighted by Gasteiger charge is -2.42. The third-order valence-electron chi connectivity index (χ3n) is 29.7. The van der Waals surface area contributed by atoms with Gasteiger partial charge in [0, 0.05) is 117 Å². The van der Waals surface area contributed by atoms with E-state index in [4.69, 9.17) is 47.4 Å².